The molecule has 1 unspecified atom stereocenters. The molecule has 16 nitrogen and oxygen atoms in total. The SMILES string of the molecule is CNC(=O)COc1cc2cc(Nc3nc(N4CC5(CC[C@@H](Oc6ccc7c(C8CCC(=O)NC8=O)nn(C)c7c6)[C@H](C)C5)C4)ncc3Cl)cnc2n(C(C)C)c1=O. The third-order valence-electron chi connectivity index (χ3n) is 11.4. The van der Waals surface area contributed by atoms with Gasteiger partial charge in [0.15, 0.2) is 18.2 Å². The molecule has 2 aliphatic heterocycles. The molecular formula is C40H45ClN10O6. The summed E-state index contributed by atoms with van der Waals surface area (Å²) in [6.45, 7) is 7.36. The molecule has 1 spiro atoms. The second-order valence-corrected chi connectivity index (χ2v) is 16.2. The van der Waals surface area contributed by atoms with Crippen LogP contribution in [0.15, 0.2) is 47.5 Å². The van der Waals surface area contributed by atoms with Gasteiger partial charge in [0.1, 0.15) is 22.5 Å². The van der Waals surface area contributed by atoms with E-state index in [9.17, 15) is 19.2 Å². The molecule has 1 aliphatic carbocycles. The van der Waals surface area contributed by atoms with Crippen LogP contribution in [-0.4, -0.2) is 79.9 Å². The summed E-state index contributed by atoms with van der Waals surface area (Å²) in [5.74, 6) is 0.791. The quantitative estimate of drug-likeness (QED) is 0.165. The molecule has 8 rings (SSSR count). The molecule has 298 valence electrons. The predicted molar refractivity (Wildman–Crippen MR) is 214 cm³/mol. The zero-order chi connectivity index (χ0) is 40.2. The van der Waals surface area contributed by atoms with Crippen LogP contribution >= 0.6 is 11.6 Å². The van der Waals surface area contributed by atoms with Crippen LogP contribution in [0.1, 0.15) is 70.5 Å². The van der Waals surface area contributed by atoms with Gasteiger partial charge in [0.25, 0.3) is 11.5 Å². The van der Waals surface area contributed by atoms with E-state index < -0.39 is 5.92 Å². The number of rotatable bonds is 10. The van der Waals surface area contributed by atoms with Gasteiger partial charge in [-0.15, -0.1) is 0 Å². The van der Waals surface area contributed by atoms with E-state index in [-0.39, 0.29) is 53.2 Å². The monoisotopic (exact) mass is 796 g/mol. The highest BCUT2D eigenvalue weighted by atomic mass is 35.5. The van der Waals surface area contributed by atoms with E-state index in [1.807, 2.05) is 45.2 Å². The number of anilines is 3. The largest absolute Gasteiger partial charge is 0.490 e. The van der Waals surface area contributed by atoms with Gasteiger partial charge in [-0.2, -0.15) is 10.1 Å². The summed E-state index contributed by atoms with van der Waals surface area (Å²) in [5, 5.41) is 14.7. The van der Waals surface area contributed by atoms with Gasteiger partial charge in [0.2, 0.25) is 17.8 Å². The fraction of sp³-hybridized carbons (Fsp3) is 0.450. The fourth-order valence-electron chi connectivity index (χ4n) is 8.54. The number of halogens is 1. The van der Waals surface area contributed by atoms with E-state index in [1.165, 1.54) is 11.6 Å². The summed E-state index contributed by atoms with van der Waals surface area (Å²) in [6.07, 6.45) is 6.93. The Labute approximate surface area is 333 Å². The average Bonchev–Trinajstić information content (AvgIpc) is 3.49. The van der Waals surface area contributed by atoms with Gasteiger partial charge in [-0.25, -0.2) is 9.97 Å². The third-order valence-corrected chi connectivity index (χ3v) is 11.7. The van der Waals surface area contributed by atoms with E-state index in [4.69, 9.17) is 26.1 Å². The van der Waals surface area contributed by atoms with Gasteiger partial charge in [-0.05, 0) is 69.7 Å². The van der Waals surface area contributed by atoms with E-state index in [0.717, 1.165) is 49.0 Å². The number of aryl methyl sites for hydroxylation is 1. The van der Waals surface area contributed by atoms with Crippen molar-refractivity contribution in [2.24, 2.45) is 18.4 Å². The van der Waals surface area contributed by atoms with E-state index >= 15 is 0 Å². The van der Waals surface area contributed by atoms with Crippen molar-refractivity contribution < 1.29 is 23.9 Å². The number of fused-ring (bicyclic) bond motifs is 2. The molecule has 0 radical (unpaired) electrons. The normalized spacial score (nSPS) is 20.5. The van der Waals surface area contributed by atoms with Crippen LogP contribution in [0.2, 0.25) is 5.02 Å². The van der Waals surface area contributed by atoms with Crippen LogP contribution in [0.4, 0.5) is 17.5 Å². The van der Waals surface area contributed by atoms with Crippen LogP contribution in [0.25, 0.3) is 21.9 Å². The maximum atomic E-state index is 13.2. The minimum absolute atomic E-state index is 0.0519. The molecule has 17 heteroatoms. The number of carbonyl (C=O) groups excluding carboxylic acids is 3. The molecular weight excluding hydrogens is 752 g/mol. The highest BCUT2D eigenvalue weighted by Gasteiger charge is 2.49. The lowest BCUT2D eigenvalue weighted by Gasteiger charge is -2.55. The molecule has 1 saturated carbocycles. The Hall–Kier alpha value is -5.77. The number of nitrogens with one attached hydrogen (secondary N) is 3. The minimum atomic E-state index is -0.455. The molecule has 57 heavy (non-hydrogen) atoms. The molecule has 1 aromatic carbocycles. The smallest absolute Gasteiger partial charge is 0.294 e. The Bertz CT molecular complexity index is 2480. The van der Waals surface area contributed by atoms with Crippen LogP contribution in [0.3, 0.4) is 0 Å². The lowest BCUT2D eigenvalue weighted by molar-refractivity contribution is -0.134. The second kappa shape index (κ2) is 15.0. The van der Waals surface area contributed by atoms with Crippen molar-refractivity contribution in [2.45, 2.75) is 70.9 Å². The van der Waals surface area contributed by atoms with Gasteiger partial charge in [0, 0.05) is 61.9 Å². The van der Waals surface area contributed by atoms with Crippen molar-refractivity contribution in [3.63, 3.8) is 0 Å². The van der Waals surface area contributed by atoms with Crippen LogP contribution in [-0.2, 0) is 21.4 Å². The number of hydrogen-bond donors (Lipinski definition) is 3. The van der Waals surface area contributed by atoms with E-state index in [1.54, 1.807) is 23.1 Å². The van der Waals surface area contributed by atoms with Crippen molar-refractivity contribution in [3.8, 4) is 11.5 Å². The number of amides is 3. The van der Waals surface area contributed by atoms with Gasteiger partial charge in [0.05, 0.1) is 35.2 Å². The lowest BCUT2D eigenvalue weighted by Crippen LogP contribution is -2.60. The van der Waals surface area contributed by atoms with Crippen molar-refractivity contribution in [1.29, 1.82) is 0 Å². The van der Waals surface area contributed by atoms with Crippen LogP contribution in [0.5, 0.6) is 11.5 Å². The molecule has 3 atom stereocenters. The number of likely N-dealkylation sites (N-methyl/N-ethyl adjacent to an activating group) is 1. The summed E-state index contributed by atoms with van der Waals surface area (Å²) < 4.78 is 15.5. The summed E-state index contributed by atoms with van der Waals surface area (Å²) >= 11 is 6.58. The van der Waals surface area contributed by atoms with Gasteiger partial charge >= 0.3 is 0 Å². The number of piperidine rings is 1. The van der Waals surface area contributed by atoms with E-state index in [2.05, 4.69) is 42.8 Å². The molecule has 3 aliphatic rings. The first kappa shape index (κ1) is 38.1. The highest BCUT2D eigenvalue weighted by Crippen LogP contribution is 2.48. The standard InChI is InChI=1S/C40H45ClN10O6/c1-21(2)51-36-23(13-31(38(51)55)56-18-33(53)42-4)12-24(16-43-36)45-35-28(41)17-44-39(47-35)50-19-40(20-50)11-10-30(22(3)15-40)57-25-6-7-26-29(14-25)49(5)48-34(26)27-8-9-32(52)46-37(27)54/h6-7,12-14,16-17,21-22,27,30H,8-11,15,18-20H2,1-5H3,(H,42,53)(H,44,45,47)(H,46,52,54)/t22-,27?,30-/m1/s1. The molecule has 2 saturated heterocycles. The first-order chi connectivity index (χ1) is 27.3. The van der Waals surface area contributed by atoms with Crippen molar-refractivity contribution in [1.82, 2.24) is 39.9 Å². The Balaban J connectivity index is 0.918. The second-order valence-electron chi connectivity index (χ2n) is 15.8. The zero-order valence-electron chi connectivity index (χ0n) is 32.5. The lowest BCUT2D eigenvalue weighted by atomic mass is 9.64. The van der Waals surface area contributed by atoms with Crippen molar-refractivity contribution >= 4 is 68.7 Å². The average molecular weight is 797 g/mol. The fourth-order valence-corrected chi connectivity index (χ4v) is 8.68. The molecule has 3 amide bonds. The summed E-state index contributed by atoms with van der Waals surface area (Å²) in [7, 11) is 3.36. The highest BCUT2D eigenvalue weighted by molar-refractivity contribution is 6.33. The van der Waals surface area contributed by atoms with Crippen molar-refractivity contribution in [2.75, 3.05) is 37.0 Å². The maximum absolute atomic E-state index is 13.2. The first-order valence-electron chi connectivity index (χ1n) is 19.2. The number of imide groups is 1. The van der Waals surface area contributed by atoms with Crippen molar-refractivity contribution in [3.05, 3.63) is 63.8 Å². The molecule has 6 heterocycles. The molecule has 5 aromatic rings. The Morgan fingerprint density at radius 2 is 1.91 bits per heavy atom. The number of benzene rings is 1. The Morgan fingerprint density at radius 1 is 1.11 bits per heavy atom. The van der Waals surface area contributed by atoms with Gasteiger partial charge in [-0.1, -0.05) is 18.5 Å². The van der Waals surface area contributed by atoms with Gasteiger partial charge < -0.3 is 25.0 Å². The van der Waals surface area contributed by atoms with Gasteiger partial charge in [-0.3, -0.25) is 33.7 Å². The number of carbonyl (C=O) groups is 3. The number of aromatic nitrogens is 6. The Kier molecular flexibility index (Phi) is 10.0. The summed E-state index contributed by atoms with van der Waals surface area (Å²) in [6, 6.07) is 9.12. The Morgan fingerprint density at radius 3 is 2.65 bits per heavy atom. The number of pyridine rings is 2. The maximum Gasteiger partial charge on any atom is 0.294 e. The number of ether oxygens (including phenoxy) is 2. The molecule has 0 bridgehead atoms. The molecule has 3 fully saturated rings. The number of nitrogens with zero attached hydrogens (tertiary/aromatic N) is 7. The van der Waals surface area contributed by atoms with Crippen LogP contribution in [0, 0.1) is 11.3 Å². The third kappa shape index (κ3) is 7.33. The van der Waals surface area contributed by atoms with Crippen LogP contribution < -0.4 is 35.9 Å². The molecule has 3 N–H and O–H groups in total. The zero-order valence-corrected chi connectivity index (χ0v) is 33.2. The minimum Gasteiger partial charge on any atom is -0.490 e. The summed E-state index contributed by atoms with van der Waals surface area (Å²) in [4.78, 5) is 65.4. The topological polar surface area (TPSA) is 187 Å². The number of hydrogen-bond acceptors (Lipinski definition) is 12. The molecule has 4 aromatic heterocycles. The van der Waals surface area contributed by atoms with E-state index in [0.29, 0.717) is 58.0 Å². The first-order valence-corrected chi connectivity index (χ1v) is 19.6. The summed E-state index contributed by atoms with van der Waals surface area (Å²) in [5.41, 5.74) is 2.41. The predicted octanol–water partition coefficient (Wildman–Crippen LogP) is 4.77.